The third kappa shape index (κ3) is 4.36. The fourth-order valence-corrected chi connectivity index (χ4v) is 2.23. The Morgan fingerprint density at radius 2 is 2.29 bits per heavy atom. The number of rotatable bonds is 5. The lowest BCUT2D eigenvalue weighted by Crippen LogP contribution is -2.34. The average Bonchev–Trinajstić information content (AvgIpc) is 2.36. The van der Waals surface area contributed by atoms with Gasteiger partial charge >= 0.3 is 0 Å². The van der Waals surface area contributed by atoms with Crippen LogP contribution >= 0.6 is 0 Å². The van der Waals surface area contributed by atoms with E-state index in [0.29, 0.717) is 18.4 Å². The summed E-state index contributed by atoms with van der Waals surface area (Å²) in [6.07, 6.45) is 5.00. The standard InChI is InChI=1S/C14H21NO2/c16-14-6-3-4-12(10-14)11-17-9-7-13-5-1-2-8-15-13/h3-4,6,10,13,15-16H,1-2,5,7-9,11H2. The minimum atomic E-state index is 0.306. The zero-order valence-electron chi connectivity index (χ0n) is 10.2. The summed E-state index contributed by atoms with van der Waals surface area (Å²) >= 11 is 0. The van der Waals surface area contributed by atoms with Gasteiger partial charge in [0, 0.05) is 12.6 Å². The first kappa shape index (κ1) is 12.4. The third-order valence-corrected chi connectivity index (χ3v) is 3.20. The highest BCUT2D eigenvalue weighted by Gasteiger charge is 2.11. The van der Waals surface area contributed by atoms with E-state index in [0.717, 1.165) is 25.1 Å². The molecule has 0 amide bonds. The topological polar surface area (TPSA) is 41.5 Å². The second kappa shape index (κ2) is 6.62. The van der Waals surface area contributed by atoms with Gasteiger partial charge in [0.1, 0.15) is 5.75 Å². The molecule has 1 atom stereocenters. The summed E-state index contributed by atoms with van der Waals surface area (Å²) < 4.78 is 5.63. The van der Waals surface area contributed by atoms with E-state index in [1.165, 1.54) is 19.3 Å². The molecular weight excluding hydrogens is 214 g/mol. The van der Waals surface area contributed by atoms with Crippen molar-refractivity contribution in [2.24, 2.45) is 0 Å². The first-order valence-corrected chi connectivity index (χ1v) is 6.43. The Kier molecular flexibility index (Phi) is 4.83. The fraction of sp³-hybridized carbons (Fsp3) is 0.571. The zero-order valence-corrected chi connectivity index (χ0v) is 10.2. The van der Waals surface area contributed by atoms with Crippen LogP contribution in [0.1, 0.15) is 31.2 Å². The smallest absolute Gasteiger partial charge is 0.115 e. The van der Waals surface area contributed by atoms with Crippen molar-refractivity contribution in [1.82, 2.24) is 5.32 Å². The number of phenolic OH excluding ortho intramolecular Hbond substituents is 1. The number of hydrogen-bond donors (Lipinski definition) is 2. The number of nitrogens with one attached hydrogen (secondary N) is 1. The SMILES string of the molecule is Oc1cccc(COCCC2CCCCN2)c1. The Morgan fingerprint density at radius 1 is 1.35 bits per heavy atom. The lowest BCUT2D eigenvalue weighted by Gasteiger charge is -2.23. The zero-order chi connectivity index (χ0) is 11.9. The van der Waals surface area contributed by atoms with Gasteiger partial charge in [-0.1, -0.05) is 18.6 Å². The highest BCUT2D eigenvalue weighted by Crippen LogP contribution is 2.13. The molecule has 1 saturated heterocycles. The first-order chi connectivity index (χ1) is 8.34. The summed E-state index contributed by atoms with van der Waals surface area (Å²) in [5, 5.41) is 12.8. The maximum absolute atomic E-state index is 9.31. The summed E-state index contributed by atoms with van der Waals surface area (Å²) in [4.78, 5) is 0. The molecule has 3 heteroatoms. The van der Waals surface area contributed by atoms with E-state index in [-0.39, 0.29) is 0 Å². The molecule has 1 aliphatic heterocycles. The molecule has 0 bridgehead atoms. The van der Waals surface area contributed by atoms with Gasteiger partial charge in [0.05, 0.1) is 6.61 Å². The van der Waals surface area contributed by atoms with Gasteiger partial charge < -0.3 is 15.2 Å². The molecule has 0 radical (unpaired) electrons. The van der Waals surface area contributed by atoms with Crippen LogP contribution in [0, 0.1) is 0 Å². The molecular formula is C14H21NO2. The van der Waals surface area contributed by atoms with Crippen LogP contribution in [0.25, 0.3) is 0 Å². The predicted octanol–water partition coefficient (Wildman–Crippen LogP) is 2.44. The van der Waals surface area contributed by atoms with Gasteiger partial charge in [0.25, 0.3) is 0 Å². The van der Waals surface area contributed by atoms with Crippen LogP contribution in [0.5, 0.6) is 5.75 Å². The molecule has 2 rings (SSSR count). The minimum absolute atomic E-state index is 0.306. The number of phenols is 1. The molecule has 1 aliphatic rings. The quantitative estimate of drug-likeness (QED) is 0.770. The molecule has 0 aromatic heterocycles. The molecule has 1 fully saturated rings. The van der Waals surface area contributed by atoms with E-state index in [9.17, 15) is 5.11 Å². The number of ether oxygens (including phenoxy) is 1. The van der Waals surface area contributed by atoms with Gasteiger partial charge in [-0.15, -0.1) is 0 Å². The number of aromatic hydroxyl groups is 1. The maximum atomic E-state index is 9.31. The van der Waals surface area contributed by atoms with E-state index in [1.54, 1.807) is 12.1 Å². The van der Waals surface area contributed by atoms with Crippen molar-refractivity contribution in [2.45, 2.75) is 38.3 Å². The van der Waals surface area contributed by atoms with Gasteiger partial charge in [0.15, 0.2) is 0 Å². The van der Waals surface area contributed by atoms with Gasteiger partial charge in [-0.3, -0.25) is 0 Å². The lowest BCUT2D eigenvalue weighted by molar-refractivity contribution is 0.108. The van der Waals surface area contributed by atoms with Gasteiger partial charge in [-0.05, 0) is 43.5 Å². The summed E-state index contributed by atoms with van der Waals surface area (Å²) in [6.45, 7) is 2.52. The minimum Gasteiger partial charge on any atom is -0.508 e. The van der Waals surface area contributed by atoms with Crippen molar-refractivity contribution >= 4 is 0 Å². The number of piperidine rings is 1. The van der Waals surface area contributed by atoms with Crippen molar-refractivity contribution in [3.63, 3.8) is 0 Å². The Morgan fingerprint density at radius 3 is 3.06 bits per heavy atom. The Balaban J connectivity index is 1.62. The first-order valence-electron chi connectivity index (χ1n) is 6.43. The Labute approximate surface area is 103 Å². The number of hydrogen-bond acceptors (Lipinski definition) is 3. The highest BCUT2D eigenvalue weighted by atomic mass is 16.5. The largest absolute Gasteiger partial charge is 0.508 e. The van der Waals surface area contributed by atoms with Crippen molar-refractivity contribution in [2.75, 3.05) is 13.2 Å². The van der Waals surface area contributed by atoms with Crippen molar-refractivity contribution < 1.29 is 9.84 Å². The second-order valence-electron chi connectivity index (χ2n) is 4.66. The van der Waals surface area contributed by atoms with Crippen LogP contribution in [0.15, 0.2) is 24.3 Å². The monoisotopic (exact) mass is 235 g/mol. The van der Waals surface area contributed by atoms with Crippen LogP contribution in [0.3, 0.4) is 0 Å². The third-order valence-electron chi connectivity index (χ3n) is 3.20. The summed E-state index contributed by atoms with van der Waals surface area (Å²) in [7, 11) is 0. The molecule has 1 unspecified atom stereocenters. The van der Waals surface area contributed by atoms with Crippen LogP contribution in [0.2, 0.25) is 0 Å². The van der Waals surface area contributed by atoms with Crippen LogP contribution in [-0.4, -0.2) is 24.3 Å². The van der Waals surface area contributed by atoms with Crippen molar-refractivity contribution in [1.29, 1.82) is 0 Å². The molecule has 0 saturated carbocycles. The molecule has 1 aromatic rings. The summed E-state index contributed by atoms with van der Waals surface area (Å²) in [6, 6.07) is 7.87. The van der Waals surface area contributed by atoms with E-state index >= 15 is 0 Å². The van der Waals surface area contributed by atoms with E-state index < -0.39 is 0 Å². The molecule has 3 nitrogen and oxygen atoms in total. The summed E-state index contributed by atoms with van der Waals surface area (Å²) in [5.41, 5.74) is 1.03. The molecule has 94 valence electrons. The molecule has 1 aromatic carbocycles. The van der Waals surface area contributed by atoms with Gasteiger partial charge in [-0.25, -0.2) is 0 Å². The van der Waals surface area contributed by atoms with Gasteiger partial charge in [-0.2, -0.15) is 0 Å². The lowest BCUT2D eigenvalue weighted by atomic mass is 10.0. The highest BCUT2D eigenvalue weighted by molar-refractivity contribution is 5.26. The van der Waals surface area contributed by atoms with E-state index in [1.807, 2.05) is 12.1 Å². The Hall–Kier alpha value is -1.06. The van der Waals surface area contributed by atoms with Crippen LogP contribution in [-0.2, 0) is 11.3 Å². The average molecular weight is 235 g/mol. The van der Waals surface area contributed by atoms with E-state index in [4.69, 9.17) is 4.74 Å². The normalized spacial score (nSPS) is 20.4. The molecule has 1 heterocycles. The second-order valence-corrected chi connectivity index (χ2v) is 4.66. The van der Waals surface area contributed by atoms with Crippen LogP contribution in [0.4, 0.5) is 0 Å². The molecule has 0 spiro atoms. The van der Waals surface area contributed by atoms with Crippen molar-refractivity contribution in [3.8, 4) is 5.75 Å². The van der Waals surface area contributed by atoms with Crippen LogP contribution < -0.4 is 5.32 Å². The molecule has 17 heavy (non-hydrogen) atoms. The predicted molar refractivity (Wildman–Crippen MR) is 68.0 cm³/mol. The fourth-order valence-electron chi connectivity index (χ4n) is 2.23. The van der Waals surface area contributed by atoms with Gasteiger partial charge in [0.2, 0.25) is 0 Å². The van der Waals surface area contributed by atoms with E-state index in [2.05, 4.69) is 5.32 Å². The number of benzene rings is 1. The summed E-state index contributed by atoms with van der Waals surface area (Å²) in [5.74, 6) is 0.306. The molecule has 2 N–H and O–H groups in total. The maximum Gasteiger partial charge on any atom is 0.115 e. The van der Waals surface area contributed by atoms with Crippen molar-refractivity contribution in [3.05, 3.63) is 29.8 Å². The Bertz CT molecular complexity index is 335. The molecule has 0 aliphatic carbocycles.